The van der Waals surface area contributed by atoms with Gasteiger partial charge in [-0.25, -0.2) is 10.2 Å². The van der Waals surface area contributed by atoms with Gasteiger partial charge in [-0.05, 0) is 19.1 Å². The molecule has 14 heteroatoms. The van der Waals surface area contributed by atoms with Crippen molar-refractivity contribution in [1.29, 1.82) is 0 Å². The molecule has 3 heterocycles. The Morgan fingerprint density at radius 2 is 1.58 bits per heavy atom. The molecule has 0 radical (unpaired) electrons. The SMILES string of the molecule is C/C(=N\O)c1ccc(=O)[nH]n1.CC(=O)OC(C)=O.Cc1nc(-c2ccc(=O)[nH]n2)no1. The molecule has 31 heavy (non-hydrogen) atoms. The molecule has 0 aliphatic rings. The van der Waals surface area contributed by atoms with E-state index in [0.717, 1.165) is 0 Å². The molecule has 0 bridgehead atoms. The van der Waals surface area contributed by atoms with E-state index in [1.54, 1.807) is 13.8 Å². The van der Waals surface area contributed by atoms with Gasteiger partial charge in [0.15, 0.2) is 0 Å². The highest BCUT2D eigenvalue weighted by Crippen LogP contribution is 2.08. The van der Waals surface area contributed by atoms with Gasteiger partial charge in [-0.2, -0.15) is 15.2 Å². The predicted molar refractivity (Wildman–Crippen MR) is 104 cm³/mol. The van der Waals surface area contributed by atoms with Crippen molar-refractivity contribution in [3.8, 4) is 11.5 Å². The largest absolute Gasteiger partial charge is 0.411 e. The molecular weight excluding hydrogens is 414 g/mol. The van der Waals surface area contributed by atoms with Gasteiger partial charge in [0, 0.05) is 32.9 Å². The van der Waals surface area contributed by atoms with Crippen LogP contribution >= 0.6 is 0 Å². The standard InChI is InChI=1S/C7H6N4O2.C6H7N3O2.C4H6O3/c1-4-8-7(11-13-4)5-2-3-6(12)10-9-5;1-4(9-11)5-2-3-6(10)8-7-5;1-3(5)7-4(2)6/h2-3H,1H3,(H,10,12);2-3,11H,1H3,(H,8,10);1-2H3/b;9-4+;. The highest BCUT2D eigenvalue weighted by Gasteiger charge is 2.06. The van der Waals surface area contributed by atoms with E-state index in [4.69, 9.17) is 9.73 Å². The molecule has 0 saturated carbocycles. The number of aromatic amines is 2. The van der Waals surface area contributed by atoms with Gasteiger partial charge >= 0.3 is 11.9 Å². The molecule has 3 rings (SSSR count). The molecule has 0 amide bonds. The van der Waals surface area contributed by atoms with E-state index < -0.39 is 11.9 Å². The lowest BCUT2D eigenvalue weighted by atomic mass is 10.3. The van der Waals surface area contributed by atoms with E-state index >= 15 is 0 Å². The summed E-state index contributed by atoms with van der Waals surface area (Å²) in [6.07, 6.45) is 0. The number of aryl methyl sites for hydroxylation is 1. The Morgan fingerprint density at radius 3 is 1.94 bits per heavy atom. The van der Waals surface area contributed by atoms with Crippen LogP contribution in [0.3, 0.4) is 0 Å². The number of H-pyrrole nitrogens is 2. The van der Waals surface area contributed by atoms with Gasteiger partial charge in [0.05, 0.1) is 0 Å². The van der Waals surface area contributed by atoms with Crippen LogP contribution in [-0.4, -0.2) is 53.4 Å². The molecule has 0 atom stereocenters. The fourth-order valence-electron chi connectivity index (χ4n) is 1.67. The van der Waals surface area contributed by atoms with Crippen LogP contribution < -0.4 is 11.1 Å². The number of ether oxygens (including phenoxy) is 1. The maximum absolute atomic E-state index is 10.7. The van der Waals surface area contributed by atoms with E-state index in [2.05, 4.69) is 40.4 Å². The second kappa shape index (κ2) is 12.2. The van der Waals surface area contributed by atoms with Crippen LogP contribution in [0.4, 0.5) is 0 Å². The average Bonchev–Trinajstić information content (AvgIpc) is 3.15. The molecule has 0 unspecified atom stereocenters. The summed E-state index contributed by atoms with van der Waals surface area (Å²) in [6, 6.07) is 5.68. The summed E-state index contributed by atoms with van der Waals surface area (Å²) in [5.74, 6) is -0.295. The lowest BCUT2D eigenvalue weighted by molar-refractivity contribution is -0.156. The van der Waals surface area contributed by atoms with Crippen LogP contribution in [0.1, 0.15) is 32.4 Å². The van der Waals surface area contributed by atoms with Gasteiger partial charge in [-0.15, -0.1) is 0 Å². The number of aromatic nitrogens is 6. The fourth-order valence-corrected chi connectivity index (χ4v) is 1.67. The fraction of sp³-hybridized carbons (Fsp3) is 0.235. The number of carbonyl (C=O) groups excluding carboxylic acids is 2. The molecule has 3 aromatic rings. The Hall–Kier alpha value is -4.49. The Labute approximate surface area is 174 Å². The Morgan fingerprint density at radius 1 is 1.00 bits per heavy atom. The Bertz CT molecular complexity index is 1110. The van der Waals surface area contributed by atoms with E-state index in [-0.39, 0.29) is 11.1 Å². The van der Waals surface area contributed by atoms with Crippen molar-refractivity contribution in [3.05, 3.63) is 56.6 Å². The molecule has 14 nitrogen and oxygen atoms in total. The maximum atomic E-state index is 10.7. The lowest BCUT2D eigenvalue weighted by Crippen LogP contribution is -2.10. The number of nitrogens with zero attached hydrogens (tertiary/aromatic N) is 5. The minimum atomic E-state index is -0.562. The van der Waals surface area contributed by atoms with Crippen molar-refractivity contribution in [2.45, 2.75) is 27.7 Å². The monoisotopic (exact) mass is 433 g/mol. The zero-order valence-corrected chi connectivity index (χ0v) is 16.9. The summed E-state index contributed by atoms with van der Waals surface area (Å²) in [4.78, 5) is 44.8. The third-order valence-electron chi connectivity index (χ3n) is 2.92. The molecule has 164 valence electrons. The van der Waals surface area contributed by atoms with E-state index in [1.165, 1.54) is 38.1 Å². The van der Waals surface area contributed by atoms with Gasteiger partial charge < -0.3 is 14.5 Å². The van der Waals surface area contributed by atoms with Crippen LogP contribution in [0.5, 0.6) is 0 Å². The number of oxime groups is 1. The van der Waals surface area contributed by atoms with Crippen molar-refractivity contribution in [2.75, 3.05) is 0 Å². The third-order valence-corrected chi connectivity index (χ3v) is 2.92. The number of hydrogen-bond donors (Lipinski definition) is 3. The van der Waals surface area contributed by atoms with Gasteiger partial charge in [0.25, 0.3) is 11.1 Å². The molecule has 0 aliphatic heterocycles. The maximum Gasteiger partial charge on any atom is 0.310 e. The second-order valence-electron chi connectivity index (χ2n) is 5.52. The van der Waals surface area contributed by atoms with Crippen LogP contribution in [0.2, 0.25) is 0 Å². The van der Waals surface area contributed by atoms with Crippen LogP contribution in [0, 0.1) is 6.92 Å². The molecule has 3 aromatic heterocycles. The van der Waals surface area contributed by atoms with Gasteiger partial charge in [-0.1, -0.05) is 10.3 Å². The smallest absolute Gasteiger partial charge is 0.310 e. The minimum Gasteiger partial charge on any atom is -0.411 e. The first kappa shape index (κ1) is 24.5. The highest BCUT2D eigenvalue weighted by molar-refractivity contribution is 5.96. The molecule has 0 fully saturated rings. The topological polar surface area (TPSA) is 206 Å². The summed E-state index contributed by atoms with van der Waals surface area (Å²) in [5, 5.41) is 26.7. The first-order chi connectivity index (χ1) is 14.6. The lowest BCUT2D eigenvalue weighted by Gasteiger charge is -1.92. The Balaban J connectivity index is 0.000000245. The number of nitrogens with one attached hydrogen (secondary N) is 2. The molecule has 0 spiro atoms. The number of esters is 2. The first-order valence-corrected chi connectivity index (χ1v) is 8.42. The zero-order valence-electron chi connectivity index (χ0n) is 16.9. The summed E-state index contributed by atoms with van der Waals surface area (Å²) >= 11 is 0. The van der Waals surface area contributed by atoms with Crippen molar-refractivity contribution >= 4 is 17.7 Å². The predicted octanol–water partition coefficient (Wildman–Crippen LogP) is 0.192. The quantitative estimate of drug-likeness (QED) is 0.163. The summed E-state index contributed by atoms with van der Waals surface area (Å²) in [7, 11) is 0. The van der Waals surface area contributed by atoms with Gasteiger partial charge in [0.2, 0.25) is 11.7 Å². The van der Waals surface area contributed by atoms with Crippen LogP contribution in [0.15, 0.2) is 43.5 Å². The minimum absolute atomic E-state index is 0.260. The van der Waals surface area contributed by atoms with Gasteiger partial charge in [-0.3, -0.25) is 19.2 Å². The molecule has 3 N–H and O–H groups in total. The average molecular weight is 433 g/mol. The Kier molecular flexibility index (Phi) is 9.62. The molecule has 0 aromatic carbocycles. The van der Waals surface area contributed by atoms with Crippen LogP contribution in [-0.2, 0) is 14.3 Å². The van der Waals surface area contributed by atoms with Crippen molar-refractivity contribution < 1.29 is 24.1 Å². The van der Waals surface area contributed by atoms with E-state index in [9.17, 15) is 19.2 Å². The number of carbonyl (C=O) groups is 2. The highest BCUT2D eigenvalue weighted by atomic mass is 16.6. The van der Waals surface area contributed by atoms with Crippen LogP contribution in [0.25, 0.3) is 11.5 Å². The normalized spacial score (nSPS) is 10.1. The summed E-state index contributed by atoms with van der Waals surface area (Å²) in [5.41, 5.74) is 0.758. The van der Waals surface area contributed by atoms with Crippen molar-refractivity contribution in [2.24, 2.45) is 5.16 Å². The number of rotatable bonds is 2. The second-order valence-corrected chi connectivity index (χ2v) is 5.52. The van der Waals surface area contributed by atoms with E-state index in [0.29, 0.717) is 28.8 Å². The molecular formula is C17H19N7O7. The number of hydrogen-bond acceptors (Lipinski definition) is 12. The molecule has 0 aliphatic carbocycles. The van der Waals surface area contributed by atoms with Crippen molar-refractivity contribution in [3.63, 3.8) is 0 Å². The van der Waals surface area contributed by atoms with Gasteiger partial charge in [0.1, 0.15) is 17.1 Å². The zero-order chi connectivity index (χ0) is 23.4. The van der Waals surface area contributed by atoms with E-state index in [1.807, 2.05) is 0 Å². The summed E-state index contributed by atoms with van der Waals surface area (Å²) < 4.78 is 8.73. The third kappa shape index (κ3) is 9.51. The van der Waals surface area contributed by atoms with Crippen molar-refractivity contribution in [1.82, 2.24) is 30.5 Å². The summed E-state index contributed by atoms with van der Waals surface area (Å²) in [6.45, 7) is 5.63. The molecule has 0 saturated heterocycles. The first-order valence-electron chi connectivity index (χ1n) is 8.42.